The van der Waals surface area contributed by atoms with Crippen LogP contribution in [-0.4, -0.2) is 12.5 Å². The van der Waals surface area contributed by atoms with Gasteiger partial charge in [0.1, 0.15) is 29.7 Å². The maximum Gasteiger partial charge on any atom is 0.266 e. The Bertz CT molecular complexity index is 1150. The number of rotatable bonds is 8. The summed E-state index contributed by atoms with van der Waals surface area (Å²) in [6.45, 7) is 2.75. The van der Waals surface area contributed by atoms with Crippen molar-refractivity contribution < 1.29 is 14.3 Å². The number of carbonyl (C=O) groups is 1. The van der Waals surface area contributed by atoms with Gasteiger partial charge in [0.25, 0.3) is 5.91 Å². The fourth-order valence-electron chi connectivity index (χ4n) is 2.77. The number of hydrogen-bond donors (Lipinski definition) is 1. The van der Waals surface area contributed by atoms with Crippen LogP contribution in [0.4, 0.5) is 5.69 Å². The van der Waals surface area contributed by atoms with Gasteiger partial charge < -0.3 is 14.8 Å². The van der Waals surface area contributed by atoms with E-state index in [9.17, 15) is 10.1 Å². The Morgan fingerprint density at radius 1 is 1.00 bits per heavy atom. The van der Waals surface area contributed by atoms with Crippen molar-refractivity contribution in [3.63, 3.8) is 0 Å². The molecule has 0 atom stereocenters. The van der Waals surface area contributed by atoms with Crippen molar-refractivity contribution in [1.29, 1.82) is 5.26 Å². The molecule has 0 aliphatic heterocycles. The second-order valence-electron chi connectivity index (χ2n) is 6.67. The summed E-state index contributed by atoms with van der Waals surface area (Å²) >= 11 is 12.1. The Hall–Kier alpha value is -3.46. The number of carbonyl (C=O) groups excluding carboxylic acids is 1. The lowest BCUT2D eigenvalue weighted by Gasteiger charge is -2.09. The third-order valence-electron chi connectivity index (χ3n) is 4.39. The molecule has 162 valence electrons. The molecule has 0 fully saturated rings. The molecule has 7 heteroatoms. The van der Waals surface area contributed by atoms with Crippen molar-refractivity contribution in [3.8, 4) is 17.6 Å². The van der Waals surface area contributed by atoms with Crippen molar-refractivity contribution in [3.05, 3.63) is 93.5 Å². The first-order valence-corrected chi connectivity index (χ1v) is 10.6. The zero-order valence-electron chi connectivity index (χ0n) is 17.3. The van der Waals surface area contributed by atoms with E-state index in [1.54, 1.807) is 66.7 Å². The number of nitriles is 1. The SMILES string of the molecule is CCOc1ccc(/C=C(\C#N)C(=O)Nc2ccc(OCc3ccc(Cl)cc3Cl)cc2)cc1. The highest BCUT2D eigenvalue weighted by atomic mass is 35.5. The largest absolute Gasteiger partial charge is 0.494 e. The van der Waals surface area contributed by atoms with Crippen LogP contribution < -0.4 is 14.8 Å². The predicted molar refractivity (Wildman–Crippen MR) is 127 cm³/mol. The summed E-state index contributed by atoms with van der Waals surface area (Å²) in [5, 5.41) is 13.2. The van der Waals surface area contributed by atoms with Gasteiger partial charge in [0.05, 0.1) is 6.61 Å². The standard InChI is InChI=1S/C25H20Cl2N2O3/c1-2-31-22-9-3-17(4-10-22)13-19(15-28)25(30)29-21-7-11-23(12-8-21)32-16-18-5-6-20(26)14-24(18)27/h3-14H,2,16H2,1H3,(H,29,30)/b19-13+. The molecule has 0 bridgehead atoms. The van der Waals surface area contributed by atoms with Crippen LogP contribution in [0.15, 0.2) is 72.3 Å². The second kappa shape index (κ2) is 11.2. The number of amides is 1. The van der Waals surface area contributed by atoms with Gasteiger partial charge in [-0.1, -0.05) is 41.4 Å². The monoisotopic (exact) mass is 466 g/mol. The number of nitrogens with zero attached hydrogens (tertiary/aromatic N) is 1. The van der Waals surface area contributed by atoms with E-state index in [1.807, 2.05) is 13.0 Å². The lowest BCUT2D eigenvalue weighted by atomic mass is 10.1. The van der Waals surface area contributed by atoms with Crippen LogP contribution in [0.3, 0.4) is 0 Å². The molecular weight excluding hydrogens is 447 g/mol. The molecule has 0 unspecified atom stereocenters. The van der Waals surface area contributed by atoms with Gasteiger partial charge in [-0.2, -0.15) is 5.26 Å². The van der Waals surface area contributed by atoms with E-state index in [4.69, 9.17) is 32.7 Å². The smallest absolute Gasteiger partial charge is 0.266 e. The van der Waals surface area contributed by atoms with Gasteiger partial charge in [0.15, 0.2) is 0 Å². The minimum absolute atomic E-state index is 0.00753. The molecule has 0 aliphatic rings. The van der Waals surface area contributed by atoms with Gasteiger partial charge in [0, 0.05) is 21.3 Å². The summed E-state index contributed by atoms with van der Waals surface area (Å²) in [6.07, 6.45) is 1.53. The number of halogens is 2. The van der Waals surface area contributed by atoms with Gasteiger partial charge in [-0.15, -0.1) is 0 Å². The maximum atomic E-state index is 12.5. The Balaban J connectivity index is 1.60. The Kier molecular flexibility index (Phi) is 8.15. The fourth-order valence-corrected chi connectivity index (χ4v) is 3.24. The Labute approximate surface area is 196 Å². The molecule has 0 heterocycles. The number of anilines is 1. The zero-order valence-corrected chi connectivity index (χ0v) is 18.8. The van der Waals surface area contributed by atoms with Crippen LogP contribution in [0, 0.1) is 11.3 Å². The van der Waals surface area contributed by atoms with Gasteiger partial charge in [-0.05, 0) is 67.1 Å². The van der Waals surface area contributed by atoms with Gasteiger partial charge in [0.2, 0.25) is 0 Å². The van der Waals surface area contributed by atoms with Crippen molar-refractivity contribution in [2.45, 2.75) is 13.5 Å². The first-order valence-electron chi connectivity index (χ1n) is 9.81. The summed E-state index contributed by atoms with van der Waals surface area (Å²) in [5.41, 5.74) is 2.07. The van der Waals surface area contributed by atoms with E-state index in [0.29, 0.717) is 28.1 Å². The molecule has 0 aliphatic carbocycles. The van der Waals surface area contributed by atoms with E-state index in [0.717, 1.165) is 16.9 Å². The lowest BCUT2D eigenvalue weighted by Crippen LogP contribution is -2.13. The summed E-state index contributed by atoms with van der Waals surface area (Å²) in [6, 6.07) is 21.1. The molecule has 0 aromatic heterocycles. The van der Waals surface area contributed by atoms with Crippen molar-refractivity contribution in [1.82, 2.24) is 0 Å². The van der Waals surface area contributed by atoms with Crippen LogP contribution in [0.5, 0.6) is 11.5 Å². The molecule has 0 spiro atoms. The summed E-state index contributed by atoms with van der Waals surface area (Å²) in [7, 11) is 0. The molecule has 32 heavy (non-hydrogen) atoms. The molecular formula is C25H20Cl2N2O3. The van der Waals surface area contributed by atoms with E-state index in [-0.39, 0.29) is 12.2 Å². The fraction of sp³-hybridized carbons (Fsp3) is 0.120. The molecule has 1 N–H and O–H groups in total. The third kappa shape index (κ3) is 6.52. The number of benzene rings is 3. The first kappa shape index (κ1) is 23.2. The number of nitrogens with one attached hydrogen (secondary N) is 1. The normalized spacial score (nSPS) is 10.9. The molecule has 0 saturated carbocycles. The molecule has 0 saturated heterocycles. The highest BCUT2D eigenvalue weighted by Crippen LogP contribution is 2.23. The number of ether oxygens (including phenoxy) is 2. The average Bonchev–Trinajstić information content (AvgIpc) is 2.79. The van der Waals surface area contributed by atoms with E-state index < -0.39 is 5.91 Å². The van der Waals surface area contributed by atoms with E-state index >= 15 is 0 Å². The summed E-state index contributed by atoms with van der Waals surface area (Å²) in [5.74, 6) is 0.843. The Morgan fingerprint density at radius 2 is 1.66 bits per heavy atom. The summed E-state index contributed by atoms with van der Waals surface area (Å²) in [4.78, 5) is 12.5. The van der Waals surface area contributed by atoms with Gasteiger partial charge >= 0.3 is 0 Å². The van der Waals surface area contributed by atoms with Crippen molar-refractivity contribution in [2.24, 2.45) is 0 Å². The lowest BCUT2D eigenvalue weighted by molar-refractivity contribution is -0.112. The van der Waals surface area contributed by atoms with Crippen molar-refractivity contribution >= 4 is 40.9 Å². The van der Waals surface area contributed by atoms with Crippen molar-refractivity contribution in [2.75, 3.05) is 11.9 Å². The van der Waals surface area contributed by atoms with E-state index in [2.05, 4.69) is 5.32 Å². The molecule has 3 aromatic rings. The highest BCUT2D eigenvalue weighted by molar-refractivity contribution is 6.35. The highest BCUT2D eigenvalue weighted by Gasteiger charge is 2.10. The van der Waals surface area contributed by atoms with Crippen LogP contribution in [0.2, 0.25) is 10.0 Å². The molecule has 3 rings (SSSR count). The maximum absolute atomic E-state index is 12.5. The van der Waals surface area contributed by atoms with Crippen LogP contribution >= 0.6 is 23.2 Å². The minimum Gasteiger partial charge on any atom is -0.494 e. The predicted octanol–water partition coefficient (Wildman–Crippen LogP) is 6.52. The van der Waals surface area contributed by atoms with Crippen LogP contribution in [-0.2, 0) is 11.4 Å². The van der Waals surface area contributed by atoms with Crippen LogP contribution in [0.25, 0.3) is 6.08 Å². The zero-order chi connectivity index (χ0) is 22.9. The molecule has 0 radical (unpaired) electrons. The number of hydrogen-bond acceptors (Lipinski definition) is 4. The molecule has 3 aromatic carbocycles. The molecule has 1 amide bonds. The quantitative estimate of drug-likeness (QED) is 0.303. The molecule has 5 nitrogen and oxygen atoms in total. The first-order chi connectivity index (χ1) is 15.5. The van der Waals surface area contributed by atoms with Crippen LogP contribution in [0.1, 0.15) is 18.1 Å². The second-order valence-corrected chi connectivity index (χ2v) is 7.52. The average molecular weight is 467 g/mol. The minimum atomic E-state index is -0.497. The third-order valence-corrected chi connectivity index (χ3v) is 4.98. The van der Waals surface area contributed by atoms with Gasteiger partial charge in [-0.3, -0.25) is 4.79 Å². The Morgan fingerprint density at radius 3 is 2.28 bits per heavy atom. The topological polar surface area (TPSA) is 71.3 Å². The van der Waals surface area contributed by atoms with E-state index in [1.165, 1.54) is 6.08 Å². The van der Waals surface area contributed by atoms with Gasteiger partial charge in [-0.25, -0.2) is 0 Å². The summed E-state index contributed by atoms with van der Waals surface area (Å²) < 4.78 is 11.1.